The third-order valence-electron chi connectivity index (χ3n) is 3.93. The monoisotopic (exact) mass is 327 g/mol. The number of anilines is 2. The van der Waals surface area contributed by atoms with Gasteiger partial charge in [-0.05, 0) is 48.7 Å². The number of rotatable bonds is 3. The van der Waals surface area contributed by atoms with Crippen LogP contribution in [-0.4, -0.2) is 19.0 Å². The van der Waals surface area contributed by atoms with Crippen molar-refractivity contribution >= 4 is 17.3 Å². The SMILES string of the molecule is N#Cc1ccc(NC(=O)CN2CCCc3cc(F)cc(F)c32)cc1. The van der Waals surface area contributed by atoms with Gasteiger partial charge < -0.3 is 10.2 Å². The van der Waals surface area contributed by atoms with Gasteiger partial charge >= 0.3 is 0 Å². The van der Waals surface area contributed by atoms with E-state index < -0.39 is 11.6 Å². The summed E-state index contributed by atoms with van der Waals surface area (Å²) in [5.74, 6) is -1.54. The molecule has 0 bridgehead atoms. The van der Waals surface area contributed by atoms with Crippen LogP contribution in [0, 0.1) is 23.0 Å². The maximum atomic E-state index is 14.1. The molecule has 6 heteroatoms. The molecule has 1 aliphatic heterocycles. The van der Waals surface area contributed by atoms with E-state index in [1.54, 1.807) is 29.2 Å². The first-order valence-corrected chi connectivity index (χ1v) is 7.59. The highest BCUT2D eigenvalue weighted by Gasteiger charge is 2.23. The molecule has 0 saturated heterocycles. The van der Waals surface area contributed by atoms with Crippen molar-refractivity contribution in [1.29, 1.82) is 5.26 Å². The molecule has 0 unspecified atom stereocenters. The van der Waals surface area contributed by atoms with Gasteiger partial charge in [0.2, 0.25) is 5.91 Å². The molecule has 0 radical (unpaired) electrons. The van der Waals surface area contributed by atoms with Crippen LogP contribution in [0.15, 0.2) is 36.4 Å². The number of nitrogens with one attached hydrogen (secondary N) is 1. The second-order valence-electron chi connectivity index (χ2n) is 5.66. The van der Waals surface area contributed by atoms with E-state index in [1.165, 1.54) is 6.07 Å². The van der Waals surface area contributed by atoms with E-state index in [9.17, 15) is 13.6 Å². The lowest BCUT2D eigenvalue weighted by Gasteiger charge is -2.31. The zero-order valence-corrected chi connectivity index (χ0v) is 12.9. The first kappa shape index (κ1) is 15.9. The van der Waals surface area contributed by atoms with E-state index in [-0.39, 0.29) is 12.5 Å². The lowest BCUT2D eigenvalue weighted by atomic mass is 10.0. The van der Waals surface area contributed by atoms with Gasteiger partial charge in [0.15, 0.2) is 0 Å². The minimum atomic E-state index is -0.643. The Hall–Kier alpha value is -2.94. The fourth-order valence-electron chi connectivity index (χ4n) is 2.90. The van der Waals surface area contributed by atoms with Gasteiger partial charge in [0.25, 0.3) is 0 Å². The minimum absolute atomic E-state index is 0.0183. The number of benzene rings is 2. The number of nitriles is 1. The van der Waals surface area contributed by atoms with Crippen molar-refractivity contribution in [1.82, 2.24) is 0 Å². The molecule has 0 saturated carbocycles. The Morgan fingerprint density at radius 2 is 2.00 bits per heavy atom. The Kier molecular flexibility index (Phi) is 4.43. The van der Waals surface area contributed by atoms with Gasteiger partial charge in [0, 0.05) is 18.3 Å². The molecule has 0 spiro atoms. The molecule has 3 rings (SSSR count). The average Bonchev–Trinajstić information content (AvgIpc) is 2.55. The number of fused-ring (bicyclic) bond motifs is 1. The molecule has 0 atom stereocenters. The molecule has 1 N–H and O–H groups in total. The van der Waals surface area contributed by atoms with E-state index in [2.05, 4.69) is 5.32 Å². The van der Waals surface area contributed by atoms with Crippen molar-refractivity contribution in [2.45, 2.75) is 12.8 Å². The Morgan fingerprint density at radius 1 is 1.25 bits per heavy atom. The predicted molar refractivity (Wildman–Crippen MR) is 86.7 cm³/mol. The molecule has 1 amide bonds. The summed E-state index contributed by atoms with van der Waals surface area (Å²) in [6, 6.07) is 10.6. The standard InChI is InChI=1S/C18H15F2N3O/c19-14-8-13-2-1-7-23(18(13)16(20)9-14)11-17(24)22-15-5-3-12(10-21)4-6-15/h3-6,8-9H,1-2,7,11H2,(H,22,24). The molecule has 0 fully saturated rings. The van der Waals surface area contributed by atoms with Gasteiger partial charge in [-0.25, -0.2) is 8.78 Å². The van der Waals surface area contributed by atoms with Crippen molar-refractivity contribution < 1.29 is 13.6 Å². The number of carbonyl (C=O) groups is 1. The number of hydrogen-bond donors (Lipinski definition) is 1. The highest BCUT2D eigenvalue weighted by Crippen LogP contribution is 2.30. The summed E-state index contributed by atoms with van der Waals surface area (Å²) in [6.45, 7) is 0.520. The van der Waals surface area contributed by atoms with Crippen molar-refractivity contribution in [3.8, 4) is 6.07 Å². The lowest BCUT2D eigenvalue weighted by molar-refractivity contribution is -0.115. The molecule has 2 aromatic carbocycles. The summed E-state index contributed by atoms with van der Waals surface area (Å²) in [5, 5.41) is 11.5. The van der Waals surface area contributed by atoms with Crippen LogP contribution in [0.3, 0.4) is 0 Å². The molecule has 0 aromatic heterocycles. The van der Waals surface area contributed by atoms with Gasteiger partial charge in [0.05, 0.1) is 23.9 Å². The fraction of sp³-hybridized carbons (Fsp3) is 0.222. The molecule has 122 valence electrons. The normalized spacial score (nSPS) is 13.1. The van der Waals surface area contributed by atoms with Crippen LogP contribution in [0.1, 0.15) is 17.5 Å². The predicted octanol–water partition coefficient (Wildman–Crippen LogP) is 3.23. The van der Waals surface area contributed by atoms with Crippen molar-refractivity contribution in [3.63, 3.8) is 0 Å². The smallest absolute Gasteiger partial charge is 0.243 e. The van der Waals surface area contributed by atoms with Gasteiger partial charge in [0.1, 0.15) is 11.6 Å². The Balaban J connectivity index is 1.73. The number of carbonyl (C=O) groups excluding carboxylic acids is 1. The number of halogens is 2. The van der Waals surface area contributed by atoms with Gasteiger partial charge in [-0.1, -0.05) is 0 Å². The minimum Gasteiger partial charge on any atom is -0.360 e. The molecule has 2 aromatic rings. The van der Waals surface area contributed by atoms with Crippen LogP contribution in [0.4, 0.5) is 20.2 Å². The number of nitrogens with zero attached hydrogens (tertiary/aromatic N) is 2. The molecule has 1 heterocycles. The molecular weight excluding hydrogens is 312 g/mol. The highest BCUT2D eigenvalue weighted by molar-refractivity contribution is 5.94. The van der Waals surface area contributed by atoms with Crippen molar-refractivity contribution in [2.75, 3.05) is 23.3 Å². The third-order valence-corrected chi connectivity index (χ3v) is 3.93. The molecule has 1 aliphatic rings. The fourth-order valence-corrected chi connectivity index (χ4v) is 2.90. The van der Waals surface area contributed by atoms with Gasteiger partial charge in [-0.3, -0.25) is 4.79 Å². The van der Waals surface area contributed by atoms with Crippen LogP contribution in [-0.2, 0) is 11.2 Å². The first-order chi connectivity index (χ1) is 11.6. The van der Waals surface area contributed by atoms with Gasteiger partial charge in [-0.15, -0.1) is 0 Å². The molecule has 24 heavy (non-hydrogen) atoms. The van der Waals surface area contributed by atoms with Crippen molar-refractivity contribution in [2.24, 2.45) is 0 Å². The maximum absolute atomic E-state index is 14.1. The lowest BCUT2D eigenvalue weighted by Crippen LogP contribution is -2.37. The third kappa shape index (κ3) is 3.35. The first-order valence-electron chi connectivity index (χ1n) is 7.59. The van der Waals surface area contributed by atoms with E-state index in [0.717, 1.165) is 12.5 Å². The molecule has 0 aliphatic carbocycles. The summed E-state index contributed by atoms with van der Waals surface area (Å²) < 4.78 is 27.4. The zero-order valence-electron chi connectivity index (χ0n) is 12.9. The summed E-state index contributed by atoms with van der Waals surface area (Å²) in [7, 11) is 0. The number of hydrogen-bond acceptors (Lipinski definition) is 3. The average molecular weight is 327 g/mol. The van der Waals surface area contributed by atoms with Crippen LogP contribution in [0.25, 0.3) is 0 Å². The Labute approximate surface area is 138 Å². The summed E-state index contributed by atoms with van der Waals surface area (Å²) in [5.41, 5.74) is 1.96. The Morgan fingerprint density at radius 3 is 2.71 bits per heavy atom. The van der Waals surface area contributed by atoms with Crippen LogP contribution in [0.2, 0.25) is 0 Å². The number of aryl methyl sites for hydroxylation is 1. The largest absolute Gasteiger partial charge is 0.360 e. The second kappa shape index (κ2) is 6.67. The highest BCUT2D eigenvalue weighted by atomic mass is 19.1. The van der Waals surface area contributed by atoms with E-state index >= 15 is 0 Å². The van der Waals surface area contributed by atoms with Crippen LogP contribution in [0.5, 0.6) is 0 Å². The summed E-state index contributed by atoms with van der Waals surface area (Å²) >= 11 is 0. The summed E-state index contributed by atoms with van der Waals surface area (Å²) in [6.07, 6.45) is 1.33. The van der Waals surface area contributed by atoms with E-state index in [0.29, 0.717) is 35.5 Å². The van der Waals surface area contributed by atoms with E-state index in [4.69, 9.17) is 5.26 Å². The molecular formula is C18H15F2N3O. The summed E-state index contributed by atoms with van der Waals surface area (Å²) in [4.78, 5) is 13.8. The van der Waals surface area contributed by atoms with Crippen LogP contribution >= 0.6 is 0 Å². The van der Waals surface area contributed by atoms with Crippen LogP contribution < -0.4 is 10.2 Å². The van der Waals surface area contributed by atoms with Crippen molar-refractivity contribution in [3.05, 3.63) is 59.2 Å². The number of amides is 1. The van der Waals surface area contributed by atoms with E-state index in [1.807, 2.05) is 6.07 Å². The quantitative estimate of drug-likeness (QED) is 0.942. The second-order valence-corrected chi connectivity index (χ2v) is 5.66. The molecule has 4 nitrogen and oxygen atoms in total. The Bertz CT molecular complexity index is 812. The topological polar surface area (TPSA) is 56.1 Å². The van der Waals surface area contributed by atoms with Gasteiger partial charge in [-0.2, -0.15) is 5.26 Å². The maximum Gasteiger partial charge on any atom is 0.243 e. The zero-order chi connectivity index (χ0) is 17.1.